The molecule has 0 radical (unpaired) electrons. The van der Waals surface area contributed by atoms with E-state index in [0.717, 1.165) is 13.0 Å². The van der Waals surface area contributed by atoms with Gasteiger partial charge in [0.15, 0.2) is 18.9 Å². The van der Waals surface area contributed by atoms with Crippen LogP contribution in [-0.4, -0.2) is 0 Å². The number of aryl methyl sites for hydroxylation is 3. The molecule has 0 spiro atoms. The molecular weight excluding hydrogens is 278 g/mol. The van der Waals surface area contributed by atoms with Crippen LogP contribution in [0.4, 0.5) is 0 Å². The van der Waals surface area contributed by atoms with Crippen molar-refractivity contribution in [3.05, 3.63) is 66.0 Å². The van der Waals surface area contributed by atoms with E-state index in [2.05, 4.69) is 66.3 Å². The Balaban J connectivity index is 0.00000220. The molecule has 0 fully saturated rings. The van der Waals surface area contributed by atoms with Gasteiger partial charge in [0.2, 0.25) is 0 Å². The molecule has 21 heavy (non-hydrogen) atoms. The molecule has 0 bridgehead atoms. The summed E-state index contributed by atoms with van der Waals surface area (Å²) in [7, 11) is 0. The van der Waals surface area contributed by atoms with Gasteiger partial charge in [0, 0.05) is 18.6 Å². The van der Waals surface area contributed by atoms with Crippen molar-refractivity contribution in [3.63, 3.8) is 0 Å². The molecule has 0 amide bonds. The Bertz CT molecular complexity index is 479. The molecule has 1 heterocycles. The van der Waals surface area contributed by atoms with Crippen LogP contribution in [0.15, 0.2) is 54.9 Å². The van der Waals surface area contributed by atoms with Gasteiger partial charge in [-0.15, -0.1) is 0 Å². The van der Waals surface area contributed by atoms with Gasteiger partial charge in [-0.05, 0) is 24.0 Å². The van der Waals surface area contributed by atoms with Crippen LogP contribution in [0.3, 0.4) is 0 Å². The van der Waals surface area contributed by atoms with E-state index in [0.29, 0.717) is 0 Å². The Morgan fingerprint density at radius 3 is 2.00 bits per heavy atom. The monoisotopic (exact) mass is 303 g/mol. The Morgan fingerprint density at radius 2 is 1.38 bits per heavy atom. The maximum absolute atomic E-state index is 2.30. The third-order valence-corrected chi connectivity index (χ3v) is 3.78. The number of hydrogen-bond acceptors (Lipinski definition) is 0. The molecule has 114 valence electrons. The van der Waals surface area contributed by atoms with Crippen molar-refractivity contribution in [2.75, 3.05) is 0 Å². The Hall–Kier alpha value is -1.34. The van der Waals surface area contributed by atoms with Crippen LogP contribution in [-0.2, 0) is 19.4 Å². The molecule has 2 aromatic rings. The molecule has 0 aliphatic carbocycles. The molecule has 0 N–H and O–H groups in total. The molecule has 0 aliphatic heterocycles. The molecule has 0 unspecified atom stereocenters. The minimum Gasteiger partial charge on any atom is -1.00 e. The quantitative estimate of drug-likeness (QED) is 0.512. The summed E-state index contributed by atoms with van der Waals surface area (Å²) in [4.78, 5) is 0. The summed E-state index contributed by atoms with van der Waals surface area (Å²) in [5.74, 6) is 0. The van der Waals surface area contributed by atoms with Crippen molar-refractivity contribution >= 4 is 0 Å². The van der Waals surface area contributed by atoms with Gasteiger partial charge in [-0.2, -0.15) is 0 Å². The van der Waals surface area contributed by atoms with Gasteiger partial charge in [0.1, 0.15) is 0 Å². The average Bonchev–Trinajstić information content (AvgIpc) is 2.52. The second kappa shape index (κ2) is 10.4. The summed E-state index contributed by atoms with van der Waals surface area (Å²) < 4.78 is 2.23. The van der Waals surface area contributed by atoms with Crippen LogP contribution in [0.1, 0.15) is 43.7 Å². The van der Waals surface area contributed by atoms with E-state index in [-0.39, 0.29) is 12.4 Å². The average molecular weight is 304 g/mol. The van der Waals surface area contributed by atoms with E-state index < -0.39 is 0 Å². The summed E-state index contributed by atoms with van der Waals surface area (Å²) in [6, 6.07) is 15.4. The highest BCUT2D eigenvalue weighted by Crippen LogP contribution is 2.10. The van der Waals surface area contributed by atoms with Gasteiger partial charge in [0.25, 0.3) is 0 Å². The highest BCUT2D eigenvalue weighted by atomic mass is 35.5. The number of pyridine rings is 1. The molecule has 2 heteroatoms. The van der Waals surface area contributed by atoms with Gasteiger partial charge in [-0.3, -0.25) is 0 Å². The van der Waals surface area contributed by atoms with Crippen molar-refractivity contribution in [3.8, 4) is 0 Å². The lowest BCUT2D eigenvalue weighted by atomic mass is 10.0. The first-order valence-electron chi connectivity index (χ1n) is 7.90. The lowest BCUT2D eigenvalue weighted by molar-refractivity contribution is -0.696. The van der Waals surface area contributed by atoms with Crippen molar-refractivity contribution in [1.29, 1.82) is 0 Å². The smallest absolute Gasteiger partial charge is 0.168 e. The van der Waals surface area contributed by atoms with Gasteiger partial charge >= 0.3 is 0 Å². The van der Waals surface area contributed by atoms with Crippen molar-refractivity contribution in [2.24, 2.45) is 0 Å². The largest absolute Gasteiger partial charge is 1.00 e. The van der Waals surface area contributed by atoms with Crippen LogP contribution in [0.2, 0.25) is 0 Å². The van der Waals surface area contributed by atoms with E-state index in [1.807, 2.05) is 0 Å². The number of benzene rings is 1. The zero-order chi connectivity index (χ0) is 14.0. The standard InChI is InChI=1S/C19H26N.ClH/c1-2-3-4-6-9-18-10-12-19(13-11-18)14-17-20-15-7-5-8-16-20;/h5,7-8,10-13,15-16H,2-4,6,9,14,17H2,1H3;1H/q+1;/p-1. The van der Waals surface area contributed by atoms with Crippen LogP contribution in [0.25, 0.3) is 0 Å². The molecule has 1 aromatic heterocycles. The maximum Gasteiger partial charge on any atom is 0.168 e. The van der Waals surface area contributed by atoms with Gasteiger partial charge < -0.3 is 12.4 Å². The molecule has 0 atom stereocenters. The topological polar surface area (TPSA) is 3.88 Å². The van der Waals surface area contributed by atoms with E-state index in [4.69, 9.17) is 0 Å². The van der Waals surface area contributed by atoms with Crippen molar-refractivity contribution < 1.29 is 17.0 Å². The molecule has 1 nitrogen and oxygen atoms in total. The lowest BCUT2D eigenvalue weighted by Crippen LogP contribution is -3.00. The maximum atomic E-state index is 2.30. The van der Waals surface area contributed by atoms with E-state index in [9.17, 15) is 0 Å². The van der Waals surface area contributed by atoms with Gasteiger partial charge in [0.05, 0.1) is 0 Å². The predicted molar refractivity (Wildman–Crippen MR) is 84.6 cm³/mol. The third kappa shape index (κ3) is 6.77. The van der Waals surface area contributed by atoms with E-state index >= 15 is 0 Å². The Labute approximate surface area is 135 Å². The molecule has 0 saturated carbocycles. The van der Waals surface area contributed by atoms with E-state index in [1.54, 1.807) is 0 Å². The fourth-order valence-corrected chi connectivity index (χ4v) is 2.47. The minimum absolute atomic E-state index is 0. The summed E-state index contributed by atoms with van der Waals surface area (Å²) in [6.45, 7) is 3.32. The van der Waals surface area contributed by atoms with Gasteiger partial charge in [-0.25, -0.2) is 4.57 Å². The first kappa shape index (κ1) is 17.7. The van der Waals surface area contributed by atoms with Crippen LogP contribution >= 0.6 is 0 Å². The number of aromatic nitrogens is 1. The van der Waals surface area contributed by atoms with Crippen molar-refractivity contribution in [2.45, 2.75) is 52.0 Å². The van der Waals surface area contributed by atoms with Crippen LogP contribution in [0, 0.1) is 0 Å². The number of hydrogen-bond donors (Lipinski definition) is 0. The van der Waals surface area contributed by atoms with Gasteiger partial charge in [-0.1, -0.05) is 56.5 Å². The summed E-state index contributed by atoms with van der Waals surface area (Å²) in [5, 5.41) is 0. The Morgan fingerprint density at radius 1 is 0.762 bits per heavy atom. The second-order valence-electron chi connectivity index (χ2n) is 5.49. The van der Waals surface area contributed by atoms with E-state index in [1.165, 1.54) is 43.2 Å². The zero-order valence-corrected chi connectivity index (χ0v) is 13.7. The number of rotatable bonds is 8. The number of halogens is 1. The Kier molecular flexibility index (Phi) is 8.77. The molecule has 0 aliphatic rings. The highest BCUT2D eigenvalue weighted by Gasteiger charge is 2.00. The summed E-state index contributed by atoms with van der Waals surface area (Å²) >= 11 is 0. The van der Waals surface area contributed by atoms with Crippen LogP contribution < -0.4 is 17.0 Å². The number of nitrogens with zero attached hydrogens (tertiary/aromatic N) is 1. The summed E-state index contributed by atoms with van der Waals surface area (Å²) in [5.41, 5.74) is 2.91. The molecule has 0 saturated heterocycles. The fourth-order valence-electron chi connectivity index (χ4n) is 2.47. The zero-order valence-electron chi connectivity index (χ0n) is 13.0. The second-order valence-corrected chi connectivity index (χ2v) is 5.49. The number of unbranched alkanes of at least 4 members (excludes halogenated alkanes) is 3. The normalized spacial score (nSPS) is 10.1. The van der Waals surface area contributed by atoms with Crippen molar-refractivity contribution in [1.82, 2.24) is 0 Å². The molecular formula is C19H26ClN. The SMILES string of the molecule is CCCCCCc1ccc(CC[n+]2ccccc2)cc1.[Cl-]. The molecule has 1 aromatic carbocycles. The lowest BCUT2D eigenvalue weighted by Gasteiger charge is -2.03. The first-order chi connectivity index (χ1) is 9.88. The first-order valence-corrected chi connectivity index (χ1v) is 7.90. The predicted octanol–water partition coefficient (Wildman–Crippen LogP) is 1.34. The van der Waals surface area contributed by atoms with Crippen LogP contribution in [0.5, 0.6) is 0 Å². The minimum atomic E-state index is 0. The third-order valence-electron chi connectivity index (χ3n) is 3.78. The molecule has 2 rings (SSSR count). The summed E-state index contributed by atoms with van der Waals surface area (Å²) in [6.07, 6.45) is 12.0. The highest BCUT2D eigenvalue weighted by molar-refractivity contribution is 5.22. The fraction of sp³-hybridized carbons (Fsp3) is 0.421.